The molecular formula is C35H28N3O2P. The molecule has 1 amide bonds. The second kappa shape index (κ2) is 11.6. The summed E-state index contributed by atoms with van der Waals surface area (Å²) in [5.41, 5.74) is 2.50. The number of benzene rings is 5. The van der Waals surface area contributed by atoms with Gasteiger partial charge in [-0.25, -0.2) is 4.99 Å². The van der Waals surface area contributed by atoms with Crippen molar-refractivity contribution in [3.63, 3.8) is 0 Å². The van der Waals surface area contributed by atoms with Crippen molar-refractivity contribution >= 4 is 57.5 Å². The van der Waals surface area contributed by atoms with Crippen molar-refractivity contribution in [2.24, 2.45) is 10.1 Å². The van der Waals surface area contributed by atoms with E-state index in [-0.39, 0.29) is 11.6 Å². The van der Waals surface area contributed by atoms with Crippen LogP contribution in [0.5, 0.6) is 0 Å². The first-order valence-corrected chi connectivity index (χ1v) is 15.2. The van der Waals surface area contributed by atoms with E-state index in [2.05, 4.69) is 83.7 Å². The highest BCUT2D eigenvalue weighted by molar-refractivity contribution is 7.95. The van der Waals surface area contributed by atoms with Gasteiger partial charge in [0.1, 0.15) is 0 Å². The first-order chi connectivity index (χ1) is 20.2. The first kappa shape index (κ1) is 26.2. The molecule has 200 valence electrons. The first-order valence-electron chi connectivity index (χ1n) is 13.3. The summed E-state index contributed by atoms with van der Waals surface area (Å²) < 4.78 is 0. The predicted molar refractivity (Wildman–Crippen MR) is 172 cm³/mol. The van der Waals surface area contributed by atoms with Crippen LogP contribution >= 0.6 is 6.89 Å². The van der Waals surface area contributed by atoms with Crippen molar-refractivity contribution in [3.05, 3.63) is 151 Å². The van der Waals surface area contributed by atoms with E-state index in [1.165, 1.54) is 0 Å². The van der Waals surface area contributed by atoms with Crippen molar-refractivity contribution in [3.8, 4) is 0 Å². The van der Waals surface area contributed by atoms with Crippen LogP contribution < -0.4 is 20.8 Å². The lowest BCUT2D eigenvalue weighted by Crippen LogP contribution is -2.29. The minimum absolute atomic E-state index is 0.222. The molecule has 1 heterocycles. The van der Waals surface area contributed by atoms with E-state index < -0.39 is 6.89 Å². The van der Waals surface area contributed by atoms with Crippen LogP contribution in [-0.4, -0.2) is 30.4 Å². The average molecular weight is 554 g/mol. The van der Waals surface area contributed by atoms with Crippen LogP contribution in [0, 0.1) is 0 Å². The zero-order chi connectivity index (χ0) is 28.1. The fourth-order valence-corrected chi connectivity index (χ4v) is 8.76. The number of hydrogen-bond donors (Lipinski definition) is 0. The van der Waals surface area contributed by atoms with Crippen molar-refractivity contribution in [1.29, 1.82) is 0 Å². The van der Waals surface area contributed by atoms with Gasteiger partial charge in [0, 0.05) is 18.4 Å². The van der Waals surface area contributed by atoms with Crippen molar-refractivity contribution in [2.45, 2.75) is 0 Å². The fraction of sp³-hybridized carbons (Fsp3) is 0.0286. The van der Waals surface area contributed by atoms with Crippen LogP contribution in [0.1, 0.15) is 5.56 Å². The number of carbonyl (C=O) groups excluding carboxylic acids is 1. The zero-order valence-corrected chi connectivity index (χ0v) is 23.4. The van der Waals surface area contributed by atoms with Crippen LogP contribution in [0.15, 0.2) is 156 Å². The molecule has 1 aliphatic rings. The Labute approximate surface area is 240 Å². The predicted octanol–water partition coefficient (Wildman–Crippen LogP) is 5.91. The molecular weight excluding hydrogens is 525 g/mol. The number of likely N-dealkylation sites (N-methyl/N-ethyl adjacent to an activating group) is 1. The van der Waals surface area contributed by atoms with Crippen LogP contribution in [0.2, 0.25) is 0 Å². The molecule has 0 atom stereocenters. The van der Waals surface area contributed by atoms with Gasteiger partial charge in [-0.2, -0.15) is 0 Å². The lowest BCUT2D eigenvalue weighted by molar-refractivity contribution is -0.112. The van der Waals surface area contributed by atoms with Gasteiger partial charge in [-0.3, -0.25) is 4.79 Å². The highest BCUT2D eigenvalue weighted by Gasteiger charge is 2.32. The third-order valence-corrected chi connectivity index (χ3v) is 11.0. The van der Waals surface area contributed by atoms with Gasteiger partial charge in [-0.1, -0.05) is 133 Å². The number of para-hydroxylation sites is 2. The van der Waals surface area contributed by atoms with E-state index >= 15 is 0 Å². The van der Waals surface area contributed by atoms with E-state index in [9.17, 15) is 4.79 Å². The summed E-state index contributed by atoms with van der Waals surface area (Å²) in [6.45, 7) is -2.45. The van der Waals surface area contributed by atoms with Gasteiger partial charge < -0.3 is 9.74 Å². The monoisotopic (exact) mass is 553 g/mol. The summed E-state index contributed by atoms with van der Waals surface area (Å²) in [6.07, 6.45) is 0. The molecule has 0 N–H and O–H groups in total. The SMILES string of the molecule is CN1C(=O)C(=NOC(C=P(c2ccccc2)(c2ccccc2)c2ccccc2)=Nc2ccccc2)c2ccccc21. The summed E-state index contributed by atoms with van der Waals surface area (Å²) in [5.74, 6) is 2.20. The highest BCUT2D eigenvalue weighted by Crippen LogP contribution is 2.44. The number of anilines is 1. The maximum Gasteiger partial charge on any atom is 0.280 e. The second-order valence-corrected chi connectivity index (χ2v) is 12.8. The number of nitrogens with zero attached hydrogens (tertiary/aromatic N) is 3. The average Bonchev–Trinajstić information content (AvgIpc) is 3.29. The van der Waals surface area contributed by atoms with Gasteiger partial charge in [-0.15, -0.1) is 0 Å². The minimum atomic E-state index is -2.45. The molecule has 5 aromatic carbocycles. The molecule has 5 nitrogen and oxygen atoms in total. The molecule has 0 aromatic heterocycles. The van der Waals surface area contributed by atoms with Gasteiger partial charge in [0.05, 0.1) is 11.4 Å². The molecule has 0 radical (unpaired) electrons. The molecule has 0 bridgehead atoms. The Morgan fingerprint density at radius 2 is 1.12 bits per heavy atom. The molecule has 6 heteroatoms. The van der Waals surface area contributed by atoms with Crippen LogP contribution in [0.3, 0.4) is 0 Å². The summed E-state index contributed by atoms with van der Waals surface area (Å²) >= 11 is 0. The molecule has 5 aromatic rings. The third kappa shape index (κ3) is 5.16. The van der Waals surface area contributed by atoms with Gasteiger partial charge in [-0.05, 0) is 41.0 Å². The van der Waals surface area contributed by atoms with E-state index in [1.54, 1.807) is 11.9 Å². The number of aliphatic imine (C=N–C) groups is 1. The molecule has 1 aliphatic heterocycles. The van der Waals surface area contributed by atoms with Gasteiger partial charge >= 0.3 is 0 Å². The Morgan fingerprint density at radius 3 is 1.66 bits per heavy atom. The molecule has 0 saturated carbocycles. The van der Waals surface area contributed by atoms with Crippen molar-refractivity contribution < 1.29 is 9.63 Å². The number of rotatable bonds is 6. The molecule has 0 saturated heterocycles. The van der Waals surface area contributed by atoms with E-state index in [0.717, 1.165) is 32.9 Å². The normalized spacial score (nSPS) is 14.2. The number of fused-ring (bicyclic) bond motifs is 1. The third-order valence-electron chi connectivity index (χ3n) is 7.05. The Bertz CT molecular complexity index is 1680. The Balaban J connectivity index is 1.61. The number of oxime groups is 1. The molecule has 0 spiro atoms. The molecule has 41 heavy (non-hydrogen) atoms. The van der Waals surface area contributed by atoms with Crippen LogP contribution in [-0.2, 0) is 9.63 Å². The minimum Gasteiger partial charge on any atom is -0.336 e. The standard InChI is InChI=1S/C35H28N3O2P/c1-38-32-25-15-14-24-31(32)34(35(38)39)37-40-33(36-27-16-6-2-7-17-27)26-41(28-18-8-3-9-19-28,29-20-10-4-11-21-29)30-22-12-5-13-23-30/h2-26H,1H3. The highest BCUT2D eigenvalue weighted by atomic mass is 31.2. The van der Waals surface area contributed by atoms with E-state index in [1.807, 2.05) is 72.8 Å². The quantitative estimate of drug-likeness (QED) is 0.114. The summed E-state index contributed by atoms with van der Waals surface area (Å²) in [6, 6.07) is 48.6. The van der Waals surface area contributed by atoms with Crippen LogP contribution in [0.25, 0.3) is 0 Å². The summed E-state index contributed by atoms with van der Waals surface area (Å²) in [5, 5.41) is 7.89. The van der Waals surface area contributed by atoms with Crippen molar-refractivity contribution in [1.82, 2.24) is 0 Å². The Morgan fingerprint density at radius 1 is 0.659 bits per heavy atom. The largest absolute Gasteiger partial charge is 0.336 e. The van der Waals surface area contributed by atoms with Crippen LogP contribution in [0.4, 0.5) is 11.4 Å². The molecule has 0 fully saturated rings. The molecule has 0 unspecified atom stereocenters. The number of hydrogen-bond acceptors (Lipinski definition) is 4. The smallest absolute Gasteiger partial charge is 0.280 e. The maximum absolute atomic E-state index is 13.2. The fourth-order valence-electron chi connectivity index (χ4n) is 5.06. The lowest BCUT2D eigenvalue weighted by atomic mass is 10.1. The molecule has 6 rings (SSSR count). The Hall–Kier alpha value is -4.99. The maximum atomic E-state index is 13.2. The number of amides is 1. The van der Waals surface area contributed by atoms with Gasteiger partial charge in [0.2, 0.25) is 5.90 Å². The topological polar surface area (TPSA) is 54.3 Å². The van der Waals surface area contributed by atoms with Gasteiger partial charge in [0.15, 0.2) is 5.71 Å². The van der Waals surface area contributed by atoms with E-state index in [0.29, 0.717) is 5.90 Å². The lowest BCUT2D eigenvalue weighted by Gasteiger charge is -2.28. The van der Waals surface area contributed by atoms with E-state index in [4.69, 9.17) is 9.83 Å². The summed E-state index contributed by atoms with van der Waals surface area (Å²) in [4.78, 5) is 25.8. The Kier molecular flexibility index (Phi) is 7.44. The molecule has 0 aliphatic carbocycles. The van der Waals surface area contributed by atoms with Crippen molar-refractivity contribution in [2.75, 3.05) is 11.9 Å². The zero-order valence-electron chi connectivity index (χ0n) is 22.5. The summed E-state index contributed by atoms with van der Waals surface area (Å²) in [7, 11) is 1.74. The number of carbonyl (C=O) groups is 1. The van der Waals surface area contributed by atoms with Gasteiger partial charge in [0.25, 0.3) is 5.91 Å². The second-order valence-electron chi connectivity index (χ2n) is 9.56.